The number of hydrogen-bond donors (Lipinski definition) is 1. The van der Waals surface area contributed by atoms with Crippen LogP contribution in [0.3, 0.4) is 0 Å². The third-order valence-electron chi connectivity index (χ3n) is 4.39. The van der Waals surface area contributed by atoms with E-state index in [0.717, 1.165) is 12.8 Å². The lowest BCUT2D eigenvalue weighted by atomic mass is 10.0. The summed E-state index contributed by atoms with van der Waals surface area (Å²) < 4.78 is 22.0. The first-order valence-corrected chi connectivity index (χ1v) is 8.25. The molecule has 0 spiro atoms. The second-order valence-electron chi connectivity index (χ2n) is 6.28. The van der Waals surface area contributed by atoms with Crippen LogP contribution in [0.4, 0.5) is 5.69 Å². The van der Waals surface area contributed by atoms with Crippen molar-refractivity contribution in [2.24, 2.45) is 0 Å². The lowest BCUT2D eigenvalue weighted by molar-refractivity contribution is -0.133. The number of carbonyl (C=O) groups is 1. The number of amides is 1. The van der Waals surface area contributed by atoms with Gasteiger partial charge < -0.3 is 24.3 Å². The van der Waals surface area contributed by atoms with Gasteiger partial charge in [-0.2, -0.15) is 0 Å². The molecular weight excluding hydrogens is 322 g/mol. The highest BCUT2D eigenvalue weighted by Gasteiger charge is 2.37. The monoisotopic (exact) mass is 341 g/mol. The number of ether oxygens (including phenoxy) is 4. The first-order valence-electron chi connectivity index (χ1n) is 8.25. The maximum absolute atomic E-state index is 12.3. The van der Waals surface area contributed by atoms with Crippen LogP contribution in [-0.4, -0.2) is 24.9 Å². The van der Waals surface area contributed by atoms with Crippen molar-refractivity contribution >= 4 is 11.6 Å². The van der Waals surface area contributed by atoms with Gasteiger partial charge in [-0.05, 0) is 56.2 Å². The summed E-state index contributed by atoms with van der Waals surface area (Å²) in [6.07, 6.45) is 1.65. The van der Waals surface area contributed by atoms with E-state index in [1.54, 1.807) is 30.3 Å². The Balaban J connectivity index is 1.41. The van der Waals surface area contributed by atoms with E-state index in [0.29, 0.717) is 35.3 Å². The zero-order valence-corrected chi connectivity index (χ0v) is 13.9. The summed E-state index contributed by atoms with van der Waals surface area (Å²) in [5.41, 5.74) is -0.0264. The van der Waals surface area contributed by atoms with Crippen LogP contribution in [-0.2, 0) is 9.53 Å². The summed E-state index contributed by atoms with van der Waals surface area (Å²) >= 11 is 0. The van der Waals surface area contributed by atoms with Gasteiger partial charge in [-0.3, -0.25) is 4.79 Å². The Morgan fingerprint density at radius 2 is 1.84 bits per heavy atom. The van der Waals surface area contributed by atoms with Crippen molar-refractivity contribution in [2.45, 2.75) is 25.4 Å². The van der Waals surface area contributed by atoms with Crippen molar-refractivity contribution < 1.29 is 23.7 Å². The molecule has 0 radical (unpaired) electrons. The van der Waals surface area contributed by atoms with Crippen molar-refractivity contribution in [3.63, 3.8) is 0 Å². The minimum Gasteiger partial charge on any atom is -0.457 e. The van der Waals surface area contributed by atoms with Crippen LogP contribution >= 0.6 is 0 Å². The van der Waals surface area contributed by atoms with Gasteiger partial charge >= 0.3 is 0 Å². The number of anilines is 1. The van der Waals surface area contributed by atoms with E-state index in [2.05, 4.69) is 5.32 Å². The Morgan fingerprint density at radius 1 is 1.08 bits per heavy atom. The SMILES string of the molecule is C[C@]1(C(=O)Nc2ccc(Oc3ccc4c(c3)OCO4)cc2)CCCO1. The molecule has 2 aromatic carbocycles. The van der Waals surface area contributed by atoms with Crippen LogP contribution in [0.2, 0.25) is 0 Å². The molecule has 0 aromatic heterocycles. The zero-order valence-electron chi connectivity index (χ0n) is 13.9. The molecule has 6 nitrogen and oxygen atoms in total. The average molecular weight is 341 g/mol. The Labute approximate surface area is 145 Å². The van der Waals surface area contributed by atoms with E-state index in [-0.39, 0.29) is 12.7 Å². The molecule has 0 bridgehead atoms. The largest absolute Gasteiger partial charge is 0.457 e. The van der Waals surface area contributed by atoms with Gasteiger partial charge in [0.15, 0.2) is 11.5 Å². The van der Waals surface area contributed by atoms with Crippen LogP contribution in [0.15, 0.2) is 42.5 Å². The van der Waals surface area contributed by atoms with E-state index in [9.17, 15) is 4.79 Å². The third-order valence-corrected chi connectivity index (χ3v) is 4.39. The summed E-state index contributed by atoms with van der Waals surface area (Å²) in [5, 5.41) is 2.89. The normalized spacial score (nSPS) is 21.2. The molecule has 25 heavy (non-hydrogen) atoms. The molecule has 2 aliphatic heterocycles. The van der Waals surface area contributed by atoms with Gasteiger partial charge in [-0.15, -0.1) is 0 Å². The molecule has 2 heterocycles. The molecule has 0 aliphatic carbocycles. The van der Waals surface area contributed by atoms with Gasteiger partial charge in [-0.25, -0.2) is 0 Å². The Kier molecular flexibility index (Phi) is 3.97. The predicted molar refractivity (Wildman–Crippen MR) is 91.3 cm³/mol. The fourth-order valence-electron chi connectivity index (χ4n) is 2.90. The maximum Gasteiger partial charge on any atom is 0.256 e. The smallest absolute Gasteiger partial charge is 0.256 e. The number of carbonyl (C=O) groups excluding carboxylic acids is 1. The average Bonchev–Trinajstić information content (AvgIpc) is 3.26. The fraction of sp³-hybridized carbons (Fsp3) is 0.316. The lowest BCUT2D eigenvalue weighted by Gasteiger charge is -2.21. The molecule has 1 fully saturated rings. The van der Waals surface area contributed by atoms with Crippen LogP contribution in [0.25, 0.3) is 0 Å². The van der Waals surface area contributed by atoms with E-state index in [1.807, 2.05) is 19.1 Å². The van der Waals surface area contributed by atoms with Crippen molar-refractivity contribution in [1.82, 2.24) is 0 Å². The summed E-state index contributed by atoms with van der Waals surface area (Å²) in [4.78, 5) is 12.3. The van der Waals surface area contributed by atoms with Crippen molar-refractivity contribution in [1.29, 1.82) is 0 Å². The summed E-state index contributed by atoms with van der Waals surface area (Å²) in [6.45, 7) is 2.69. The zero-order chi connectivity index (χ0) is 17.3. The van der Waals surface area contributed by atoms with Crippen molar-refractivity contribution in [3.05, 3.63) is 42.5 Å². The molecule has 0 unspecified atom stereocenters. The van der Waals surface area contributed by atoms with Crippen LogP contribution in [0, 0.1) is 0 Å². The molecule has 1 saturated heterocycles. The minimum absolute atomic E-state index is 0.116. The van der Waals surface area contributed by atoms with Gasteiger partial charge in [0.05, 0.1) is 0 Å². The topological polar surface area (TPSA) is 66.0 Å². The number of nitrogens with one attached hydrogen (secondary N) is 1. The molecular formula is C19H19NO5. The first kappa shape index (κ1) is 15.8. The molecule has 2 aromatic rings. The van der Waals surface area contributed by atoms with E-state index >= 15 is 0 Å². The Hall–Kier alpha value is -2.73. The third kappa shape index (κ3) is 3.25. The van der Waals surface area contributed by atoms with E-state index in [1.165, 1.54) is 0 Å². The number of benzene rings is 2. The molecule has 2 aliphatic rings. The van der Waals surface area contributed by atoms with Gasteiger partial charge in [-0.1, -0.05) is 0 Å². The summed E-state index contributed by atoms with van der Waals surface area (Å²) in [5.74, 6) is 2.60. The second-order valence-corrected chi connectivity index (χ2v) is 6.28. The molecule has 1 N–H and O–H groups in total. The number of hydrogen-bond acceptors (Lipinski definition) is 5. The molecule has 6 heteroatoms. The minimum atomic E-state index is -0.734. The van der Waals surface area contributed by atoms with Crippen molar-refractivity contribution in [2.75, 3.05) is 18.7 Å². The Morgan fingerprint density at radius 3 is 2.60 bits per heavy atom. The molecule has 130 valence electrons. The van der Waals surface area contributed by atoms with Crippen LogP contribution in [0.5, 0.6) is 23.0 Å². The highest BCUT2D eigenvalue weighted by molar-refractivity contribution is 5.97. The summed E-state index contributed by atoms with van der Waals surface area (Å²) in [7, 11) is 0. The van der Waals surface area contributed by atoms with Crippen LogP contribution < -0.4 is 19.5 Å². The number of fused-ring (bicyclic) bond motifs is 1. The van der Waals surface area contributed by atoms with Crippen molar-refractivity contribution in [3.8, 4) is 23.0 Å². The standard InChI is InChI=1S/C19H19NO5/c1-19(9-2-10-24-19)18(21)20-13-3-5-14(6-4-13)25-15-7-8-16-17(11-15)23-12-22-16/h3-8,11H,2,9-10,12H2,1H3,(H,20,21)/t19-/m1/s1. The predicted octanol–water partition coefficient (Wildman–Crippen LogP) is 3.72. The quantitative estimate of drug-likeness (QED) is 0.918. The highest BCUT2D eigenvalue weighted by atomic mass is 16.7. The molecule has 0 saturated carbocycles. The van der Waals surface area contributed by atoms with Gasteiger partial charge in [0.25, 0.3) is 5.91 Å². The number of rotatable bonds is 4. The lowest BCUT2D eigenvalue weighted by Crippen LogP contribution is -2.39. The Bertz CT molecular complexity index is 781. The first-order chi connectivity index (χ1) is 12.1. The molecule has 1 atom stereocenters. The van der Waals surface area contributed by atoms with Crippen LogP contribution in [0.1, 0.15) is 19.8 Å². The molecule has 4 rings (SSSR count). The summed E-state index contributed by atoms with van der Waals surface area (Å²) in [6, 6.07) is 12.6. The fourth-order valence-corrected chi connectivity index (χ4v) is 2.90. The van der Waals surface area contributed by atoms with E-state index < -0.39 is 5.60 Å². The van der Waals surface area contributed by atoms with Gasteiger partial charge in [0, 0.05) is 18.4 Å². The van der Waals surface area contributed by atoms with Gasteiger partial charge in [0.2, 0.25) is 6.79 Å². The van der Waals surface area contributed by atoms with E-state index in [4.69, 9.17) is 18.9 Å². The highest BCUT2D eigenvalue weighted by Crippen LogP contribution is 2.36. The van der Waals surface area contributed by atoms with Gasteiger partial charge in [0.1, 0.15) is 17.1 Å². The molecule has 1 amide bonds. The maximum atomic E-state index is 12.3. The second kappa shape index (κ2) is 6.29.